The summed E-state index contributed by atoms with van der Waals surface area (Å²) in [5, 5.41) is 0. The van der Waals surface area contributed by atoms with Gasteiger partial charge in [0.05, 0.1) is 6.26 Å². The minimum atomic E-state index is -0.726. The first-order chi connectivity index (χ1) is 6.74. The third-order valence-electron chi connectivity index (χ3n) is 1.66. The zero-order valence-electron chi connectivity index (χ0n) is 7.99. The highest BCUT2D eigenvalue weighted by molar-refractivity contribution is 5.94. The lowest BCUT2D eigenvalue weighted by Crippen LogP contribution is -2.11. The summed E-state index contributed by atoms with van der Waals surface area (Å²) >= 11 is 0. The Hall–Kier alpha value is -1.58. The third-order valence-corrected chi connectivity index (χ3v) is 1.66. The molecule has 4 heteroatoms. The Morgan fingerprint density at radius 2 is 2.29 bits per heavy atom. The zero-order valence-corrected chi connectivity index (χ0v) is 7.99. The van der Waals surface area contributed by atoms with Crippen LogP contribution in [0.2, 0.25) is 0 Å². The van der Waals surface area contributed by atoms with Crippen LogP contribution in [-0.2, 0) is 9.53 Å². The largest absolute Gasteiger partial charge is 0.457 e. The summed E-state index contributed by atoms with van der Waals surface area (Å²) in [6.45, 7) is 1.96. The molecule has 14 heavy (non-hydrogen) atoms. The van der Waals surface area contributed by atoms with Crippen molar-refractivity contribution in [3.8, 4) is 0 Å². The third kappa shape index (κ3) is 3.05. The van der Waals surface area contributed by atoms with E-state index in [4.69, 9.17) is 4.42 Å². The molecule has 0 atom stereocenters. The van der Waals surface area contributed by atoms with Gasteiger partial charge in [0, 0.05) is 6.42 Å². The van der Waals surface area contributed by atoms with Crippen molar-refractivity contribution >= 4 is 11.9 Å². The van der Waals surface area contributed by atoms with Gasteiger partial charge in [0.2, 0.25) is 5.76 Å². The summed E-state index contributed by atoms with van der Waals surface area (Å²) in [6.07, 6.45) is 3.24. The Kier molecular flexibility index (Phi) is 3.91. The van der Waals surface area contributed by atoms with Gasteiger partial charge >= 0.3 is 11.9 Å². The van der Waals surface area contributed by atoms with Gasteiger partial charge in [-0.2, -0.15) is 0 Å². The van der Waals surface area contributed by atoms with E-state index in [0.29, 0.717) is 0 Å². The van der Waals surface area contributed by atoms with Crippen LogP contribution in [0.5, 0.6) is 0 Å². The predicted molar refractivity (Wildman–Crippen MR) is 48.7 cm³/mol. The van der Waals surface area contributed by atoms with E-state index in [1.54, 1.807) is 6.07 Å². The standard InChI is InChI=1S/C10H12O4/c1-2-3-6-9(11)14-10(12)8-5-4-7-13-8/h4-5,7H,2-3,6H2,1H3. The molecule has 0 unspecified atom stereocenters. The fourth-order valence-electron chi connectivity index (χ4n) is 0.921. The molecule has 0 aliphatic rings. The molecule has 0 bridgehead atoms. The van der Waals surface area contributed by atoms with Gasteiger partial charge in [-0.15, -0.1) is 0 Å². The maximum absolute atomic E-state index is 11.1. The van der Waals surface area contributed by atoms with E-state index in [1.807, 2.05) is 6.92 Å². The second kappa shape index (κ2) is 5.21. The van der Waals surface area contributed by atoms with E-state index in [1.165, 1.54) is 12.3 Å². The van der Waals surface area contributed by atoms with E-state index in [0.717, 1.165) is 12.8 Å². The molecule has 1 aromatic heterocycles. The molecule has 0 aliphatic heterocycles. The molecule has 1 heterocycles. The van der Waals surface area contributed by atoms with Crippen LogP contribution < -0.4 is 0 Å². The quantitative estimate of drug-likeness (QED) is 0.547. The van der Waals surface area contributed by atoms with Gasteiger partial charge in [0.1, 0.15) is 0 Å². The van der Waals surface area contributed by atoms with Crippen LogP contribution in [0, 0.1) is 0 Å². The van der Waals surface area contributed by atoms with E-state index in [9.17, 15) is 9.59 Å². The number of unbranched alkanes of at least 4 members (excludes halogenated alkanes) is 1. The zero-order chi connectivity index (χ0) is 10.4. The molecule has 1 aromatic rings. The van der Waals surface area contributed by atoms with Crippen molar-refractivity contribution in [2.45, 2.75) is 26.2 Å². The highest BCUT2D eigenvalue weighted by atomic mass is 16.6. The summed E-state index contributed by atoms with van der Waals surface area (Å²) in [6, 6.07) is 3.02. The predicted octanol–water partition coefficient (Wildman–Crippen LogP) is 2.15. The molecule has 0 spiro atoms. The summed E-state index contributed by atoms with van der Waals surface area (Å²) in [7, 11) is 0. The topological polar surface area (TPSA) is 56.5 Å². The van der Waals surface area contributed by atoms with Crippen LogP contribution in [0.1, 0.15) is 36.7 Å². The number of hydrogen-bond acceptors (Lipinski definition) is 4. The number of hydrogen-bond donors (Lipinski definition) is 0. The van der Waals surface area contributed by atoms with Gasteiger partial charge in [-0.25, -0.2) is 4.79 Å². The van der Waals surface area contributed by atoms with Crippen molar-refractivity contribution < 1.29 is 18.7 Å². The van der Waals surface area contributed by atoms with Gasteiger partial charge in [-0.3, -0.25) is 4.79 Å². The fourth-order valence-corrected chi connectivity index (χ4v) is 0.921. The first-order valence-corrected chi connectivity index (χ1v) is 4.52. The SMILES string of the molecule is CCCCC(=O)OC(=O)c1ccco1. The molecule has 0 saturated heterocycles. The monoisotopic (exact) mass is 196 g/mol. The number of carbonyl (C=O) groups is 2. The van der Waals surface area contributed by atoms with Crippen molar-refractivity contribution in [2.75, 3.05) is 0 Å². The Morgan fingerprint density at radius 1 is 1.50 bits per heavy atom. The van der Waals surface area contributed by atoms with Gasteiger partial charge in [-0.1, -0.05) is 13.3 Å². The fraction of sp³-hybridized carbons (Fsp3) is 0.400. The molecular weight excluding hydrogens is 184 g/mol. The van der Waals surface area contributed by atoms with Gasteiger partial charge in [0.25, 0.3) is 0 Å². The molecular formula is C10H12O4. The van der Waals surface area contributed by atoms with Crippen LogP contribution in [0.3, 0.4) is 0 Å². The highest BCUT2D eigenvalue weighted by Crippen LogP contribution is 2.04. The van der Waals surface area contributed by atoms with Crippen molar-refractivity contribution in [3.63, 3.8) is 0 Å². The number of esters is 2. The minimum absolute atomic E-state index is 0.0508. The molecule has 0 N–H and O–H groups in total. The molecule has 0 amide bonds. The molecule has 0 aliphatic carbocycles. The minimum Gasteiger partial charge on any atom is -0.457 e. The van der Waals surface area contributed by atoms with Crippen molar-refractivity contribution in [1.29, 1.82) is 0 Å². The number of carbonyl (C=O) groups excluding carboxylic acids is 2. The van der Waals surface area contributed by atoms with Crippen LogP contribution in [0.4, 0.5) is 0 Å². The van der Waals surface area contributed by atoms with E-state index in [2.05, 4.69) is 4.74 Å². The highest BCUT2D eigenvalue weighted by Gasteiger charge is 2.14. The number of furan rings is 1. The van der Waals surface area contributed by atoms with Crippen molar-refractivity contribution in [1.82, 2.24) is 0 Å². The van der Waals surface area contributed by atoms with Crippen LogP contribution in [0.25, 0.3) is 0 Å². The molecule has 0 fully saturated rings. The van der Waals surface area contributed by atoms with Crippen molar-refractivity contribution in [2.24, 2.45) is 0 Å². The van der Waals surface area contributed by atoms with Crippen LogP contribution in [-0.4, -0.2) is 11.9 Å². The summed E-state index contributed by atoms with van der Waals surface area (Å²) in [5.74, 6) is -1.18. The normalized spacial score (nSPS) is 9.79. The average Bonchev–Trinajstić information content (AvgIpc) is 2.67. The molecule has 1 rings (SSSR count). The lowest BCUT2D eigenvalue weighted by Gasteiger charge is -1.99. The Balaban J connectivity index is 2.38. The van der Waals surface area contributed by atoms with Gasteiger partial charge in [-0.05, 0) is 18.6 Å². The molecule has 0 saturated carbocycles. The van der Waals surface area contributed by atoms with Crippen molar-refractivity contribution in [3.05, 3.63) is 24.2 Å². The molecule has 0 aromatic carbocycles. The first kappa shape index (κ1) is 10.5. The number of ether oxygens (including phenoxy) is 1. The van der Waals surface area contributed by atoms with Gasteiger partial charge < -0.3 is 9.15 Å². The first-order valence-electron chi connectivity index (χ1n) is 4.52. The lowest BCUT2D eigenvalue weighted by molar-refractivity contribution is -0.138. The van der Waals surface area contributed by atoms with Gasteiger partial charge in [0.15, 0.2) is 0 Å². The van der Waals surface area contributed by atoms with E-state index >= 15 is 0 Å². The Bertz CT molecular complexity index is 300. The summed E-state index contributed by atoms with van der Waals surface area (Å²) in [5.41, 5.74) is 0. The maximum atomic E-state index is 11.1. The van der Waals surface area contributed by atoms with Crippen LogP contribution >= 0.6 is 0 Å². The van der Waals surface area contributed by atoms with E-state index in [-0.39, 0.29) is 12.2 Å². The molecule has 0 radical (unpaired) electrons. The van der Waals surface area contributed by atoms with Crippen LogP contribution in [0.15, 0.2) is 22.8 Å². The average molecular weight is 196 g/mol. The lowest BCUT2D eigenvalue weighted by atomic mass is 10.2. The second-order valence-electron chi connectivity index (χ2n) is 2.84. The van der Waals surface area contributed by atoms with E-state index < -0.39 is 11.9 Å². The Labute approximate surface area is 81.9 Å². The number of rotatable bonds is 4. The maximum Gasteiger partial charge on any atom is 0.381 e. The smallest absolute Gasteiger partial charge is 0.381 e. The second-order valence-corrected chi connectivity index (χ2v) is 2.84. The summed E-state index contributed by atoms with van der Waals surface area (Å²) in [4.78, 5) is 22.2. The molecule has 4 nitrogen and oxygen atoms in total. The molecule has 76 valence electrons. The summed E-state index contributed by atoms with van der Waals surface area (Å²) < 4.78 is 9.30. The Morgan fingerprint density at radius 3 is 2.86 bits per heavy atom.